The van der Waals surface area contributed by atoms with E-state index in [2.05, 4.69) is 20.9 Å². The van der Waals surface area contributed by atoms with Crippen molar-refractivity contribution in [2.75, 3.05) is 13.2 Å². The van der Waals surface area contributed by atoms with E-state index in [0.717, 1.165) is 0 Å². The maximum Gasteiger partial charge on any atom is 0.339 e. The average Bonchev–Trinajstić information content (AvgIpc) is 3.22. The molecule has 0 amide bonds. The number of hydrogen-bond donors (Lipinski definition) is 0. The van der Waals surface area contributed by atoms with Crippen molar-refractivity contribution in [3.63, 3.8) is 0 Å². The zero-order valence-electron chi connectivity index (χ0n) is 16.6. The monoisotopic (exact) mass is 491 g/mol. The van der Waals surface area contributed by atoms with Crippen molar-refractivity contribution in [1.29, 1.82) is 0 Å². The fourth-order valence-corrected chi connectivity index (χ4v) is 4.44. The number of halogens is 2. The van der Waals surface area contributed by atoms with Crippen LogP contribution in [0.4, 0.5) is 4.39 Å². The van der Waals surface area contributed by atoms with Crippen molar-refractivity contribution in [3.05, 3.63) is 62.8 Å². The van der Waals surface area contributed by atoms with Crippen LogP contribution in [0.25, 0.3) is 21.7 Å². The number of ether oxygens (including phenoxy) is 2. The van der Waals surface area contributed by atoms with Gasteiger partial charge in [0.05, 0.1) is 24.3 Å². The summed E-state index contributed by atoms with van der Waals surface area (Å²) in [4.78, 5) is 30.2. The zero-order valence-corrected chi connectivity index (χ0v) is 19.0. The van der Waals surface area contributed by atoms with Crippen molar-refractivity contribution in [1.82, 2.24) is 4.98 Å². The van der Waals surface area contributed by atoms with E-state index in [1.165, 1.54) is 23.5 Å². The van der Waals surface area contributed by atoms with Gasteiger partial charge in [0.1, 0.15) is 10.8 Å². The predicted octanol–water partition coefficient (Wildman–Crippen LogP) is 6.04. The highest BCUT2D eigenvalue weighted by molar-refractivity contribution is 9.10. The van der Waals surface area contributed by atoms with Gasteiger partial charge in [-0.2, -0.15) is 0 Å². The standard InChI is InChI=1S/C22H19BrFNO4S/c1-4-28-21(26)17-12(3)10-15(14-7-6-13(24)11-16(14)23)18(22(27)29-5-2)19(17)20-25-8-9-30-20/h6-11H,4-5H2,1-3H3. The van der Waals surface area contributed by atoms with Gasteiger partial charge in [-0.3, -0.25) is 0 Å². The van der Waals surface area contributed by atoms with Crippen LogP contribution in [0.2, 0.25) is 0 Å². The van der Waals surface area contributed by atoms with Crippen LogP contribution in [-0.4, -0.2) is 30.1 Å². The molecular weight excluding hydrogens is 473 g/mol. The van der Waals surface area contributed by atoms with Crippen molar-refractivity contribution in [3.8, 4) is 21.7 Å². The number of carbonyl (C=O) groups is 2. The number of benzene rings is 2. The number of rotatable bonds is 6. The number of hydrogen-bond acceptors (Lipinski definition) is 6. The topological polar surface area (TPSA) is 65.5 Å². The minimum absolute atomic E-state index is 0.156. The summed E-state index contributed by atoms with van der Waals surface area (Å²) in [5.41, 5.74) is 2.52. The molecule has 0 radical (unpaired) electrons. The van der Waals surface area contributed by atoms with E-state index in [9.17, 15) is 14.0 Å². The van der Waals surface area contributed by atoms with Crippen LogP contribution < -0.4 is 0 Å². The van der Waals surface area contributed by atoms with Crippen molar-refractivity contribution < 1.29 is 23.5 Å². The van der Waals surface area contributed by atoms with E-state index in [0.29, 0.717) is 31.7 Å². The Morgan fingerprint density at radius 2 is 1.73 bits per heavy atom. The van der Waals surface area contributed by atoms with Gasteiger partial charge in [0.15, 0.2) is 0 Å². The molecule has 0 N–H and O–H groups in total. The molecule has 3 rings (SSSR count). The highest BCUT2D eigenvalue weighted by Crippen LogP contribution is 2.41. The summed E-state index contributed by atoms with van der Waals surface area (Å²) in [6, 6.07) is 5.93. The normalized spacial score (nSPS) is 10.7. The van der Waals surface area contributed by atoms with Gasteiger partial charge in [0.2, 0.25) is 0 Å². The van der Waals surface area contributed by atoms with Crippen LogP contribution in [0.5, 0.6) is 0 Å². The molecule has 0 spiro atoms. The molecule has 1 heterocycles. The number of nitrogens with zero attached hydrogens (tertiary/aromatic N) is 1. The van der Waals surface area contributed by atoms with Crippen LogP contribution in [-0.2, 0) is 9.47 Å². The highest BCUT2D eigenvalue weighted by Gasteiger charge is 2.30. The van der Waals surface area contributed by atoms with Gasteiger partial charge in [-0.05, 0) is 55.7 Å². The lowest BCUT2D eigenvalue weighted by Crippen LogP contribution is -2.15. The SMILES string of the molecule is CCOC(=O)c1c(C)cc(-c2ccc(F)cc2Br)c(C(=O)OCC)c1-c1nccs1. The molecule has 0 atom stereocenters. The molecular formula is C22H19BrFNO4S. The smallest absolute Gasteiger partial charge is 0.339 e. The molecule has 5 nitrogen and oxygen atoms in total. The predicted molar refractivity (Wildman–Crippen MR) is 117 cm³/mol. The molecule has 30 heavy (non-hydrogen) atoms. The van der Waals surface area contributed by atoms with Crippen LogP contribution in [0, 0.1) is 12.7 Å². The summed E-state index contributed by atoms with van der Waals surface area (Å²) in [7, 11) is 0. The van der Waals surface area contributed by atoms with Gasteiger partial charge in [-0.15, -0.1) is 11.3 Å². The van der Waals surface area contributed by atoms with E-state index in [-0.39, 0.29) is 24.3 Å². The first-order valence-corrected chi connectivity index (χ1v) is 10.9. The summed E-state index contributed by atoms with van der Waals surface area (Å²) in [5.74, 6) is -1.56. The number of carbonyl (C=O) groups excluding carboxylic acids is 2. The van der Waals surface area contributed by atoms with E-state index in [1.807, 2.05) is 0 Å². The molecule has 0 unspecified atom stereocenters. The summed E-state index contributed by atoms with van der Waals surface area (Å²) in [5, 5.41) is 2.25. The van der Waals surface area contributed by atoms with Crippen molar-refractivity contribution >= 4 is 39.2 Å². The summed E-state index contributed by atoms with van der Waals surface area (Å²) < 4.78 is 24.7. The Kier molecular flexibility index (Phi) is 6.99. The largest absolute Gasteiger partial charge is 0.462 e. The Morgan fingerprint density at radius 3 is 2.30 bits per heavy atom. The summed E-state index contributed by atoms with van der Waals surface area (Å²) >= 11 is 4.68. The maximum atomic E-state index is 13.7. The van der Waals surface area contributed by atoms with E-state index >= 15 is 0 Å². The first-order valence-electron chi connectivity index (χ1n) is 9.26. The molecule has 0 fully saturated rings. The van der Waals surface area contributed by atoms with Gasteiger partial charge in [-0.1, -0.05) is 22.0 Å². The third kappa shape index (κ3) is 4.29. The second-order valence-corrected chi connectivity index (χ2v) is 8.02. The number of thiazole rings is 1. The molecule has 2 aromatic carbocycles. The number of aryl methyl sites for hydroxylation is 1. The minimum Gasteiger partial charge on any atom is -0.462 e. The molecule has 0 aliphatic carbocycles. The van der Waals surface area contributed by atoms with E-state index in [1.54, 1.807) is 44.5 Å². The Labute approximate surface area is 186 Å². The van der Waals surface area contributed by atoms with E-state index in [4.69, 9.17) is 9.47 Å². The van der Waals surface area contributed by atoms with Gasteiger partial charge in [-0.25, -0.2) is 19.0 Å². The van der Waals surface area contributed by atoms with Crippen molar-refractivity contribution in [2.24, 2.45) is 0 Å². The maximum absolute atomic E-state index is 13.7. The second-order valence-electron chi connectivity index (χ2n) is 6.27. The molecule has 0 bridgehead atoms. The van der Waals surface area contributed by atoms with Gasteiger partial charge < -0.3 is 9.47 Å². The lowest BCUT2D eigenvalue weighted by atomic mass is 9.88. The molecule has 3 aromatic rings. The van der Waals surface area contributed by atoms with Crippen LogP contribution in [0.1, 0.15) is 40.1 Å². The van der Waals surface area contributed by atoms with Gasteiger partial charge in [0, 0.05) is 21.6 Å². The molecule has 8 heteroatoms. The molecule has 1 aromatic heterocycles. The minimum atomic E-state index is -0.598. The molecule has 0 aliphatic rings. The van der Waals surface area contributed by atoms with Crippen LogP contribution in [0.15, 0.2) is 40.3 Å². The summed E-state index contributed by atoms with van der Waals surface area (Å²) in [6.45, 7) is 5.53. The molecule has 0 saturated heterocycles. The average molecular weight is 492 g/mol. The van der Waals surface area contributed by atoms with E-state index < -0.39 is 17.8 Å². The Balaban J connectivity index is 2.44. The summed E-state index contributed by atoms with van der Waals surface area (Å²) in [6.07, 6.45) is 1.60. The number of esters is 2. The number of aromatic nitrogens is 1. The lowest BCUT2D eigenvalue weighted by molar-refractivity contribution is 0.0526. The van der Waals surface area contributed by atoms with Crippen LogP contribution >= 0.6 is 27.3 Å². The molecule has 0 saturated carbocycles. The first kappa shape index (κ1) is 22.1. The third-order valence-corrected chi connectivity index (χ3v) is 5.80. The van der Waals surface area contributed by atoms with Gasteiger partial charge >= 0.3 is 11.9 Å². The lowest BCUT2D eigenvalue weighted by Gasteiger charge is -2.19. The second kappa shape index (κ2) is 9.49. The Hall–Kier alpha value is -2.58. The zero-order chi connectivity index (χ0) is 21.8. The first-order chi connectivity index (χ1) is 14.4. The third-order valence-electron chi connectivity index (χ3n) is 4.35. The highest BCUT2D eigenvalue weighted by atomic mass is 79.9. The fraction of sp³-hybridized carbons (Fsp3) is 0.227. The Morgan fingerprint density at radius 1 is 1.07 bits per heavy atom. The molecule has 156 valence electrons. The Bertz CT molecular complexity index is 1100. The molecule has 0 aliphatic heterocycles. The van der Waals surface area contributed by atoms with Gasteiger partial charge in [0.25, 0.3) is 0 Å². The fourth-order valence-electron chi connectivity index (χ4n) is 3.18. The van der Waals surface area contributed by atoms with Crippen molar-refractivity contribution in [2.45, 2.75) is 20.8 Å². The van der Waals surface area contributed by atoms with Crippen LogP contribution in [0.3, 0.4) is 0 Å². The quantitative estimate of drug-likeness (QED) is 0.393.